The predicted octanol–water partition coefficient (Wildman–Crippen LogP) is 3.03. The smallest absolute Gasteiger partial charge is 0.275 e. The molecule has 3 aromatic rings. The molecule has 1 aliphatic carbocycles. The first-order valence-electron chi connectivity index (χ1n) is 10.9. The minimum Gasteiger partial charge on any atom is -0.298 e. The van der Waals surface area contributed by atoms with Crippen LogP contribution in [0.1, 0.15) is 30.9 Å². The molecule has 3 heterocycles. The van der Waals surface area contributed by atoms with Gasteiger partial charge in [-0.3, -0.25) is 14.5 Å². The van der Waals surface area contributed by atoms with Crippen LogP contribution in [0.5, 0.6) is 0 Å². The molecular weight excluding hydrogens is 426 g/mol. The summed E-state index contributed by atoms with van der Waals surface area (Å²) in [5.41, 5.74) is 3.34. The van der Waals surface area contributed by atoms with E-state index in [0.29, 0.717) is 21.7 Å². The highest BCUT2D eigenvalue weighted by Crippen LogP contribution is 2.53. The van der Waals surface area contributed by atoms with E-state index in [0.717, 1.165) is 42.6 Å². The average molecular weight is 452 g/mol. The molecule has 0 amide bonds. The zero-order valence-electron chi connectivity index (χ0n) is 18.3. The fourth-order valence-corrected chi connectivity index (χ4v) is 5.83. The Labute approximate surface area is 190 Å². The van der Waals surface area contributed by atoms with E-state index < -0.39 is 0 Å². The molecule has 2 fully saturated rings. The van der Waals surface area contributed by atoms with Crippen LogP contribution in [0.15, 0.2) is 45.8 Å². The summed E-state index contributed by atoms with van der Waals surface area (Å²) in [6.45, 7) is 5.24. The van der Waals surface area contributed by atoms with Crippen LogP contribution < -0.4 is 11.1 Å². The minimum absolute atomic E-state index is 0.145. The van der Waals surface area contributed by atoms with Gasteiger partial charge < -0.3 is 0 Å². The lowest BCUT2D eigenvalue weighted by molar-refractivity contribution is -0.0891. The number of aryl methyl sites for hydroxylation is 1. The predicted molar refractivity (Wildman–Crippen MR) is 126 cm³/mol. The molecule has 0 atom stereocenters. The Kier molecular flexibility index (Phi) is 5.26. The van der Waals surface area contributed by atoms with Crippen molar-refractivity contribution in [3.05, 3.63) is 73.0 Å². The maximum Gasteiger partial charge on any atom is 0.275 e. The number of halogens is 1. The van der Waals surface area contributed by atoms with Crippen LogP contribution in [0.2, 0.25) is 5.02 Å². The van der Waals surface area contributed by atoms with E-state index in [1.807, 2.05) is 18.2 Å². The monoisotopic (exact) mass is 451 g/mol. The molecule has 1 spiro atoms. The molecule has 0 bridgehead atoms. The maximum atomic E-state index is 12.5. The Morgan fingerprint density at radius 2 is 2.06 bits per heavy atom. The zero-order chi connectivity index (χ0) is 22.5. The third-order valence-electron chi connectivity index (χ3n) is 6.79. The van der Waals surface area contributed by atoms with Gasteiger partial charge in [0.15, 0.2) is 0 Å². The number of hydrogen-bond donors (Lipinski definition) is 1. The number of likely N-dealkylation sites (tertiary alicyclic amines) is 1. The second kappa shape index (κ2) is 7.98. The zero-order valence-corrected chi connectivity index (χ0v) is 19.0. The quantitative estimate of drug-likeness (QED) is 0.644. The Morgan fingerprint density at radius 3 is 2.81 bits per heavy atom. The summed E-state index contributed by atoms with van der Waals surface area (Å²) in [5, 5.41) is 12.4. The second-order valence-electron chi connectivity index (χ2n) is 9.56. The van der Waals surface area contributed by atoms with Crippen molar-refractivity contribution in [2.24, 2.45) is 18.4 Å². The number of nitrogens with zero attached hydrogens (tertiary/aromatic N) is 4. The molecule has 2 aliphatic rings. The van der Waals surface area contributed by atoms with Gasteiger partial charge in [-0.1, -0.05) is 29.3 Å². The van der Waals surface area contributed by atoms with Crippen molar-refractivity contribution in [1.82, 2.24) is 24.9 Å². The molecule has 2 aromatic heterocycles. The standard InChI is InChI=1S/C24H26ClN5O2/c1-15(5-16-7-21(31)28-26-10-16)12-30-13-24(14-30)8-17(9-24)6-18-3-4-20(25)22-19(18)11-27-29(2)23(22)32/h3-5,7,10-11,17H,6,8-9,12-14H2,1-2H3,(H,28,31)/b15-5+. The summed E-state index contributed by atoms with van der Waals surface area (Å²) in [7, 11) is 1.65. The number of benzene rings is 1. The van der Waals surface area contributed by atoms with Crippen molar-refractivity contribution < 1.29 is 0 Å². The van der Waals surface area contributed by atoms with Crippen LogP contribution >= 0.6 is 11.6 Å². The number of H-pyrrole nitrogens is 1. The molecule has 1 saturated carbocycles. The lowest BCUT2D eigenvalue weighted by Gasteiger charge is -2.59. The molecule has 1 saturated heterocycles. The number of aromatic amines is 1. The molecular formula is C24H26ClN5O2. The molecule has 1 N–H and O–H groups in total. The van der Waals surface area contributed by atoms with Gasteiger partial charge in [0, 0.05) is 38.1 Å². The Morgan fingerprint density at radius 1 is 1.28 bits per heavy atom. The normalized spacial score (nSPS) is 18.7. The molecule has 8 heteroatoms. The van der Waals surface area contributed by atoms with Gasteiger partial charge in [-0.15, -0.1) is 0 Å². The van der Waals surface area contributed by atoms with Crippen LogP contribution in [0.4, 0.5) is 0 Å². The third-order valence-corrected chi connectivity index (χ3v) is 7.11. The van der Waals surface area contributed by atoms with E-state index in [-0.39, 0.29) is 11.1 Å². The Bertz CT molecular complexity index is 1330. The van der Waals surface area contributed by atoms with E-state index in [4.69, 9.17) is 11.6 Å². The SMILES string of the molecule is C/C(=C\c1cn[nH]c(=O)c1)CN1CC2(CC(Cc3ccc(Cl)c4c(=O)n(C)ncc34)C2)C1. The molecule has 5 rings (SSSR count). The summed E-state index contributed by atoms with van der Waals surface area (Å²) in [4.78, 5) is 26.3. The lowest BCUT2D eigenvalue weighted by atomic mass is 9.56. The first-order valence-corrected chi connectivity index (χ1v) is 11.3. The van der Waals surface area contributed by atoms with Gasteiger partial charge in [-0.25, -0.2) is 9.78 Å². The highest BCUT2D eigenvalue weighted by molar-refractivity contribution is 6.35. The van der Waals surface area contributed by atoms with Crippen LogP contribution in [0.25, 0.3) is 16.8 Å². The number of aromatic nitrogens is 4. The third kappa shape index (κ3) is 3.91. The number of fused-ring (bicyclic) bond motifs is 1. The van der Waals surface area contributed by atoms with E-state index in [1.54, 1.807) is 25.5 Å². The van der Waals surface area contributed by atoms with Crippen LogP contribution in [0.3, 0.4) is 0 Å². The van der Waals surface area contributed by atoms with Gasteiger partial charge in [-0.05, 0) is 54.7 Å². The summed E-state index contributed by atoms with van der Waals surface area (Å²) >= 11 is 6.31. The van der Waals surface area contributed by atoms with Gasteiger partial charge in [0.05, 0.1) is 22.8 Å². The number of nitrogens with one attached hydrogen (secondary N) is 1. The molecule has 0 radical (unpaired) electrons. The topological polar surface area (TPSA) is 83.9 Å². The van der Waals surface area contributed by atoms with Crippen molar-refractivity contribution >= 4 is 28.4 Å². The fourth-order valence-electron chi connectivity index (χ4n) is 5.58. The largest absolute Gasteiger partial charge is 0.298 e. The highest BCUT2D eigenvalue weighted by Gasteiger charge is 2.51. The van der Waals surface area contributed by atoms with Crippen molar-refractivity contribution in [3.63, 3.8) is 0 Å². The first-order chi connectivity index (χ1) is 15.3. The van der Waals surface area contributed by atoms with Gasteiger partial charge in [0.25, 0.3) is 11.1 Å². The summed E-state index contributed by atoms with van der Waals surface area (Å²) in [6, 6.07) is 5.45. The summed E-state index contributed by atoms with van der Waals surface area (Å²) in [5.74, 6) is 0.629. The van der Waals surface area contributed by atoms with E-state index in [1.165, 1.54) is 23.1 Å². The first kappa shape index (κ1) is 21.1. The molecule has 32 heavy (non-hydrogen) atoms. The fraction of sp³-hybridized carbons (Fsp3) is 0.417. The van der Waals surface area contributed by atoms with Crippen LogP contribution in [0, 0.1) is 11.3 Å². The highest BCUT2D eigenvalue weighted by atomic mass is 35.5. The van der Waals surface area contributed by atoms with Gasteiger partial charge in [-0.2, -0.15) is 10.2 Å². The van der Waals surface area contributed by atoms with Gasteiger partial charge in [0.1, 0.15) is 0 Å². The second-order valence-corrected chi connectivity index (χ2v) is 9.97. The molecule has 1 aromatic carbocycles. The van der Waals surface area contributed by atoms with Crippen molar-refractivity contribution in [3.8, 4) is 0 Å². The molecule has 1 aliphatic heterocycles. The van der Waals surface area contributed by atoms with E-state index in [9.17, 15) is 9.59 Å². The van der Waals surface area contributed by atoms with Gasteiger partial charge in [0.2, 0.25) is 0 Å². The van der Waals surface area contributed by atoms with Crippen LogP contribution in [-0.2, 0) is 13.5 Å². The van der Waals surface area contributed by atoms with Crippen LogP contribution in [-0.4, -0.2) is 44.5 Å². The lowest BCUT2D eigenvalue weighted by Crippen LogP contribution is -2.62. The van der Waals surface area contributed by atoms with E-state index >= 15 is 0 Å². The molecule has 7 nitrogen and oxygen atoms in total. The minimum atomic E-state index is -0.181. The molecule has 166 valence electrons. The summed E-state index contributed by atoms with van der Waals surface area (Å²) in [6.07, 6.45) is 8.85. The number of rotatable bonds is 5. The maximum absolute atomic E-state index is 12.5. The van der Waals surface area contributed by atoms with E-state index in [2.05, 4.69) is 27.1 Å². The molecule has 0 unspecified atom stereocenters. The Balaban J connectivity index is 1.18. The van der Waals surface area contributed by atoms with Gasteiger partial charge >= 0.3 is 0 Å². The van der Waals surface area contributed by atoms with Crippen molar-refractivity contribution in [2.75, 3.05) is 19.6 Å². The van der Waals surface area contributed by atoms with Crippen molar-refractivity contribution in [2.45, 2.75) is 26.2 Å². The van der Waals surface area contributed by atoms with Crippen molar-refractivity contribution in [1.29, 1.82) is 0 Å². The summed E-state index contributed by atoms with van der Waals surface area (Å²) < 4.78 is 1.34. The Hall–Kier alpha value is -2.77. The average Bonchev–Trinajstić information content (AvgIpc) is 2.69. The number of hydrogen-bond acceptors (Lipinski definition) is 5.